The van der Waals surface area contributed by atoms with Gasteiger partial charge in [-0.25, -0.2) is 4.39 Å². The maximum absolute atomic E-state index is 13.2. The first kappa shape index (κ1) is 22.8. The lowest BCUT2D eigenvalue weighted by molar-refractivity contribution is 0.102. The van der Waals surface area contributed by atoms with Gasteiger partial charge in [-0.15, -0.1) is 10.2 Å². The number of benzene rings is 2. The zero-order chi connectivity index (χ0) is 23.4. The first-order valence-corrected chi connectivity index (χ1v) is 11.6. The van der Waals surface area contributed by atoms with E-state index in [1.807, 2.05) is 51.1 Å². The molecule has 4 rings (SSSR count). The number of rotatable bonds is 9. The van der Waals surface area contributed by atoms with Crippen molar-refractivity contribution in [3.05, 3.63) is 82.9 Å². The Kier molecular flexibility index (Phi) is 6.93. The molecule has 4 aromatic rings. The Morgan fingerprint density at radius 2 is 1.88 bits per heavy atom. The van der Waals surface area contributed by atoms with Gasteiger partial charge in [0.05, 0.1) is 17.9 Å². The van der Waals surface area contributed by atoms with E-state index in [2.05, 4.69) is 14.8 Å². The average Bonchev–Trinajstić information content (AvgIpc) is 3.39. The van der Waals surface area contributed by atoms with Crippen molar-refractivity contribution in [3.8, 4) is 17.2 Å². The topological polar surface area (TPSA) is 70.2 Å². The van der Waals surface area contributed by atoms with Crippen LogP contribution in [0.5, 0.6) is 5.75 Å². The van der Waals surface area contributed by atoms with Crippen molar-refractivity contribution in [1.82, 2.24) is 14.8 Å². The predicted octanol–water partition coefficient (Wildman–Crippen LogP) is 5.72. The van der Waals surface area contributed by atoms with Gasteiger partial charge in [0.25, 0.3) is 11.1 Å². The minimum Gasteiger partial charge on any atom is -0.493 e. The van der Waals surface area contributed by atoms with Gasteiger partial charge < -0.3 is 13.7 Å². The fraction of sp³-hybridized carbons (Fsp3) is 0.240. The Morgan fingerprint density at radius 3 is 2.64 bits per heavy atom. The number of hydrogen-bond donors (Lipinski definition) is 0. The van der Waals surface area contributed by atoms with E-state index < -0.39 is 0 Å². The second-order valence-electron chi connectivity index (χ2n) is 7.51. The maximum atomic E-state index is 13.2. The molecule has 8 heteroatoms. The van der Waals surface area contributed by atoms with Gasteiger partial charge in [0.1, 0.15) is 11.6 Å². The standard InChI is InChI=1S/C25H24FN3O3S/c1-4-31-23-8-6-5-7-20(23)24-27-28-25(32-24)33-15-22(30)21-13-16(2)29(17(21)3)14-18-9-11-19(26)12-10-18/h5-13H,4,14-15H2,1-3H3. The molecule has 0 saturated carbocycles. The Bertz CT molecular complexity index is 1260. The zero-order valence-electron chi connectivity index (χ0n) is 18.7. The highest BCUT2D eigenvalue weighted by molar-refractivity contribution is 7.99. The van der Waals surface area contributed by atoms with Gasteiger partial charge in [-0.1, -0.05) is 36.0 Å². The third-order valence-corrected chi connectivity index (χ3v) is 6.10. The molecule has 0 fully saturated rings. The summed E-state index contributed by atoms with van der Waals surface area (Å²) in [7, 11) is 0. The van der Waals surface area contributed by atoms with Crippen LogP contribution in [0, 0.1) is 19.7 Å². The van der Waals surface area contributed by atoms with Crippen molar-refractivity contribution in [2.45, 2.75) is 32.5 Å². The number of nitrogens with zero attached hydrogens (tertiary/aromatic N) is 3. The number of thioether (sulfide) groups is 1. The zero-order valence-corrected chi connectivity index (χ0v) is 19.5. The fourth-order valence-corrected chi connectivity index (χ4v) is 4.25. The summed E-state index contributed by atoms with van der Waals surface area (Å²) in [5.41, 5.74) is 4.19. The molecule has 33 heavy (non-hydrogen) atoms. The summed E-state index contributed by atoms with van der Waals surface area (Å²) in [6.45, 7) is 6.89. The molecule has 6 nitrogen and oxygen atoms in total. The molecule has 0 N–H and O–H groups in total. The van der Waals surface area contributed by atoms with E-state index in [4.69, 9.17) is 9.15 Å². The Hall–Kier alpha value is -3.39. The Labute approximate surface area is 195 Å². The molecule has 2 heterocycles. The Morgan fingerprint density at radius 1 is 1.12 bits per heavy atom. The van der Waals surface area contributed by atoms with Gasteiger partial charge in [-0.2, -0.15) is 0 Å². The first-order valence-electron chi connectivity index (χ1n) is 10.6. The van der Waals surface area contributed by atoms with Crippen LogP contribution in [-0.4, -0.2) is 32.9 Å². The number of ether oxygens (including phenoxy) is 1. The van der Waals surface area contributed by atoms with Crippen LogP contribution in [0.1, 0.15) is 34.2 Å². The summed E-state index contributed by atoms with van der Waals surface area (Å²) in [4.78, 5) is 12.9. The molecule has 0 unspecified atom stereocenters. The summed E-state index contributed by atoms with van der Waals surface area (Å²) in [6.07, 6.45) is 0. The van der Waals surface area contributed by atoms with E-state index in [0.29, 0.717) is 35.6 Å². The number of Topliss-reactive ketones (excluding diaryl/α,β-unsaturated/α-hetero) is 1. The molecule has 170 valence electrons. The van der Waals surface area contributed by atoms with Crippen LogP contribution in [0.3, 0.4) is 0 Å². The summed E-state index contributed by atoms with van der Waals surface area (Å²) in [6, 6.07) is 15.7. The average molecular weight is 466 g/mol. The van der Waals surface area contributed by atoms with Crippen LogP contribution in [0.15, 0.2) is 64.2 Å². The SMILES string of the molecule is CCOc1ccccc1-c1nnc(SCC(=O)c2cc(C)n(Cc3ccc(F)cc3)c2C)o1. The number of aryl methyl sites for hydroxylation is 1. The lowest BCUT2D eigenvalue weighted by Crippen LogP contribution is -2.07. The van der Waals surface area contributed by atoms with Crippen LogP contribution in [-0.2, 0) is 6.54 Å². The number of hydrogen-bond acceptors (Lipinski definition) is 6. The van der Waals surface area contributed by atoms with Gasteiger partial charge in [-0.3, -0.25) is 4.79 Å². The molecular weight excluding hydrogens is 441 g/mol. The van der Waals surface area contributed by atoms with Crippen molar-refractivity contribution in [3.63, 3.8) is 0 Å². The second kappa shape index (κ2) is 10.0. The van der Waals surface area contributed by atoms with Crippen molar-refractivity contribution >= 4 is 17.5 Å². The fourth-order valence-electron chi connectivity index (χ4n) is 3.61. The van der Waals surface area contributed by atoms with E-state index in [0.717, 1.165) is 22.5 Å². The molecule has 0 amide bonds. The third-order valence-electron chi connectivity index (χ3n) is 5.28. The van der Waals surface area contributed by atoms with Crippen LogP contribution < -0.4 is 4.74 Å². The molecule has 0 aliphatic heterocycles. The van der Waals surface area contributed by atoms with Gasteiger partial charge in [-0.05, 0) is 56.7 Å². The molecule has 0 aliphatic rings. The third kappa shape index (κ3) is 5.17. The van der Waals surface area contributed by atoms with Crippen LogP contribution in [0.25, 0.3) is 11.5 Å². The first-order chi connectivity index (χ1) is 16.0. The molecule has 0 spiro atoms. The maximum Gasteiger partial charge on any atom is 0.277 e. The quantitative estimate of drug-likeness (QED) is 0.233. The highest BCUT2D eigenvalue weighted by atomic mass is 32.2. The molecule has 2 aromatic carbocycles. The van der Waals surface area contributed by atoms with Crippen LogP contribution >= 0.6 is 11.8 Å². The number of aromatic nitrogens is 3. The predicted molar refractivity (Wildman–Crippen MR) is 125 cm³/mol. The molecule has 0 bridgehead atoms. The lowest BCUT2D eigenvalue weighted by Gasteiger charge is -2.10. The van der Waals surface area contributed by atoms with Crippen molar-refractivity contribution in [2.24, 2.45) is 0 Å². The Balaban J connectivity index is 1.44. The minimum atomic E-state index is -0.266. The van der Waals surface area contributed by atoms with Crippen molar-refractivity contribution in [1.29, 1.82) is 0 Å². The summed E-state index contributed by atoms with van der Waals surface area (Å²) >= 11 is 1.21. The van der Waals surface area contributed by atoms with E-state index in [-0.39, 0.29) is 17.4 Å². The summed E-state index contributed by atoms with van der Waals surface area (Å²) in [5.74, 6) is 0.915. The molecule has 0 aliphatic carbocycles. The molecule has 0 saturated heterocycles. The van der Waals surface area contributed by atoms with Crippen molar-refractivity contribution < 1.29 is 18.3 Å². The second-order valence-corrected chi connectivity index (χ2v) is 8.44. The smallest absolute Gasteiger partial charge is 0.277 e. The number of para-hydroxylation sites is 1. The highest BCUT2D eigenvalue weighted by Gasteiger charge is 2.19. The van der Waals surface area contributed by atoms with Gasteiger partial charge in [0, 0.05) is 23.5 Å². The molecule has 2 aromatic heterocycles. The largest absolute Gasteiger partial charge is 0.493 e. The normalized spacial score (nSPS) is 11.0. The summed E-state index contributed by atoms with van der Waals surface area (Å²) in [5, 5.41) is 8.50. The number of ketones is 1. The van der Waals surface area contributed by atoms with Crippen LogP contribution in [0.2, 0.25) is 0 Å². The van der Waals surface area contributed by atoms with E-state index in [9.17, 15) is 9.18 Å². The number of halogens is 1. The van der Waals surface area contributed by atoms with E-state index in [1.54, 1.807) is 12.1 Å². The van der Waals surface area contributed by atoms with E-state index >= 15 is 0 Å². The van der Waals surface area contributed by atoms with Crippen LogP contribution in [0.4, 0.5) is 4.39 Å². The van der Waals surface area contributed by atoms with Gasteiger partial charge in [0.2, 0.25) is 0 Å². The van der Waals surface area contributed by atoms with Crippen molar-refractivity contribution in [2.75, 3.05) is 12.4 Å². The highest BCUT2D eigenvalue weighted by Crippen LogP contribution is 2.31. The van der Waals surface area contributed by atoms with E-state index in [1.165, 1.54) is 23.9 Å². The lowest BCUT2D eigenvalue weighted by atomic mass is 10.2. The van der Waals surface area contributed by atoms with Gasteiger partial charge in [0.15, 0.2) is 5.78 Å². The number of carbonyl (C=O) groups excluding carboxylic acids is 1. The monoisotopic (exact) mass is 465 g/mol. The number of carbonyl (C=O) groups is 1. The minimum absolute atomic E-state index is 0.0204. The van der Waals surface area contributed by atoms with Gasteiger partial charge >= 0.3 is 0 Å². The molecule has 0 atom stereocenters. The summed E-state index contributed by atoms with van der Waals surface area (Å²) < 4.78 is 26.6. The molecule has 0 radical (unpaired) electrons. The molecular formula is C25H24FN3O3S.